The van der Waals surface area contributed by atoms with Crippen molar-refractivity contribution in [3.63, 3.8) is 0 Å². The lowest BCUT2D eigenvalue weighted by atomic mass is 9.84. The van der Waals surface area contributed by atoms with E-state index in [2.05, 4.69) is 4.90 Å². The Morgan fingerprint density at radius 2 is 1.94 bits per heavy atom. The standard InChI is InChI=1S/C23H23F4NO3/c1-13-20-15(12-19(22(13)30-2)28-5-7-31-8-6-28)10-16(21(20)29)9-14-11-17(23(25,26)27)3-4-18(14)24/h3-4,9,11-13,22H,5-8,10H2,1-2H3/b16-9+. The second-order valence-corrected chi connectivity index (χ2v) is 7.96. The highest BCUT2D eigenvalue weighted by Gasteiger charge is 2.40. The van der Waals surface area contributed by atoms with E-state index in [9.17, 15) is 22.4 Å². The molecular weight excluding hydrogens is 414 g/mol. The molecule has 1 fully saturated rings. The number of hydrogen-bond donors (Lipinski definition) is 0. The largest absolute Gasteiger partial charge is 0.416 e. The fourth-order valence-electron chi connectivity index (χ4n) is 4.55. The molecule has 2 unspecified atom stereocenters. The molecule has 4 nitrogen and oxygen atoms in total. The minimum absolute atomic E-state index is 0.229. The molecule has 1 saturated heterocycles. The van der Waals surface area contributed by atoms with Crippen molar-refractivity contribution in [2.45, 2.75) is 25.6 Å². The van der Waals surface area contributed by atoms with Gasteiger partial charge in [-0.25, -0.2) is 4.39 Å². The summed E-state index contributed by atoms with van der Waals surface area (Å²) in [5.41, 5.74) is 1.45. The molecule has 1 heterocycles. The van der Waals surface area contributed by atoms with Crippen LogP contribution in [0.4, 0.5) is 17.6 Å². The van der Waals surface area contributed by atoms with Crippen LogP contribution < -0.4 is 0 Å². The molecule has 0 saturated carbocycles. The van der Waals surface area contributed by atoms with E-state index in [1.54, 1.807) is 7.11 Å². The highest BCUT2D eigenvalue weighted by atomic mass is 19.4. The average Bonchev–Trinajstić information content (AvgIpc) is 3.05. The number of hydrogen-bond acceptors (Lipinski definition) is 4. The van der Waals surface area contributed by atoms with E-state index in [4.69, 9.17) is 9.47 Å². The summed E-state index contributed by atoms with van der Waals surface area (Å²) in [7, 11) is 1.59. The molecule has 2 atom stereocenters. The van der Waals surface area contributed by atoms with Crippen LogP contribution in [0.15, 0.2) is 46.7 Å². The average molecular weight is 437 g/mol. The summed E-state index contributed by atoms with van der Waals surface area (Å²) >= 11 is 0. The van der Waals surface area contributed by atoms with Crippen LogP contribution in [0.3, 0.4) is 0 Å². The number of morpholine rings is 1. The minimum atomic E-state index is -4.59. The van der Waals surface area contributed by atoms with Gasteiger partial charge in [0, 0.05) is 54.9 Å². The molecule has 8 heteroatoms. The van der Waals surface area contributed by atoms with Crippen LogP contribution in [0.5, 0.6) is 0 Å². The van der Waals surface area contributed by atoms with Crippen molar-refractivity contribution in [1.82, 2.24) is 4.90 Å². The van der Waals surface area contributed by atoms with Crippen molar-refractivity contribution >= 4 is 11.9 Å². The SMILES string of the molecule is COC1C(N2CCOCC2)=CC2=C(C(=O)/C(=C/c3cc(C(F)(F)F)ccc3F)C2)C1C. The van der Waals surface area contributed by atoms with E-state index in [-0.39, 0.29) is 35.4 Å². The molecule has 2 aliphatic carbocycles. The number of benzene rings is 1. The van der Waals surface area contributed by atoms with Crippen molar-refractivity contribution < 1.29 is 31.8 Å². The van der Waals surface area contributed by atoms with Gasteiger partial charge in [0.05, 0.1) is 18.8 Å². The summed E-state index contributed by atoms with van der Waals surface area (Å²) in [6.07, 6.45) is -1.48. The van der Waals surface area contributed by atoms with Gasteiger partial charge in [-0.2, -0.15) is 13.2 Å². The van der Waals surface area contributed by atoms with Gasteiger partial charge in [0.2, 0.25) is 0 Å². The number of carbonyl (C=O) groups is 1. The lowest BCUT2D eigenvalue weighted by Crippen LogP contribution is -2.43. The van der Waals surface area contributed by atoms with E-state index < -0.39 is 17.6 Å². The van der Waals surface area contributed by atoms with E-state index in [0.29, 0.717) is 37.9 Å². The third kappa shape index (κ3) is 4.06. The summed E-state index contributed by atoms with van der Waals surface area (Å²) in [6.45, 7) is 4.54. The lowest BCUT2D eigenvalue weighted by molar-refractivity contribution is -0.137. The monoisotopic (exact) mass is 437 g/mol. The molecule has 1 aliphatic heterocycles. The van der Waals surface area contributed by atoms with E-state index >= 15 is 0 Å². The smallest absolute Gasteiger partial charge is 0.378 e. The molecule has 166 valence electrons. The number of rotatable bonds is 3. The second-order valence-electron chi connectivity index (χ2n) is 7.96. The first-order valence-electron chi connectivity index (χ1n) is 10.1. The number of allylic oxidation sites excluding steroid dienone is 3. The lowest BCUT2D eigenvalue weighted by Gasteiger charge is -2.39. The van der Waals surface area contributed by atoms with Crippen LogP contribution in [-0.4, -0.2) is 50.2 Å². The Bertz CT molecular complexity index is 987. The predicted molar refractivity (Wildman–Crippen MR) is 106 cm³/mol. The topological polar surface area (TPSA) is 38.8 Å². The van der Waals surface area contributed by atoms with Gasteiger partial charge >= 0.3 is 6.18 Å². The van der Waals surface area contributed by atoms with Crippen molar-refractivity contribution in [1.29, 1.82) is 0 Å². The Balaban J connectivity index is 1.68. The van der Waals surface area contributed by atoms with Gasteiger partial charge in [0.15, 0.2) is 5.78 Å². The minimum Gasteiger partial charge on any atom is -0.378 e. The summed E-state index contributed by atoms with van der Waals surface area (Å²) in [4.78, 5) is 15.3. The molecule has 0 N–H and O–H groups in total. The Kier molecular flexibility index (Phi) is 5.79. The summed E-state index contributed by atoms with van der Waals surface area (Å²) in [5.74, 6) is -1.29. The van der Waals surface area contributed by atoms with Crippen molar-refractivity contribution in [2.24, 2.45) is 5.92 Å². The Hall–Kier alpha value is -2.45. The van der Waals surface area contributed by atoms with Crippen LogP contribution in [0, 0.1) is 11.7 Å². The fourth-order valence-corrected chi connectivity index (χ4v) is 4.55. The fraction of sp³-hybridized carbons (Fsp3) is 0.435. The third-order valence-corrected chi connectivity index (χ3v) is 6.07. The van der Waals surface area contributed by atoms with Gasteiger partial charge in [-0.1, -0.05) is 6.92 Å². The molecule has 31 heavy (non-hydrogen) atoms. The van der Waals surface area contributed by atoms with Gasteiger partial charge in [0.25, 0.3) is 0 Å². The van der Waals surface area contributed by atoms with Gasteiger partial charge in [-0.3, -0.25) is 4.79 Å². The van der Waals surface area contributed by atoms with E-state index in [0.717, 1.165) is 23.4 Å². The van der Waals surface area contributed by atoms with Crippen LogP contribution >= 0.6 is 0 Å². The van der Waals surface area contributed by atoms with Crippen LogP contribution in [0.25, 0.3) is 6.08 Å². The summed E-state index contributed by atoms with van der Waals surface area (Å²) < 4.78 is 64.4. The van der Waals surface area contributed by atoms with Crippen molar-refractivity contribution in [2.75, 3.05) is 33.4 Å². The van der Waals surface area contributed by atoms with Gasteiger partial charge in [-0.15, -0.1) is 0 Å². The first-order chi connectivity index (χ1) is 14.7. The molecule has 0 radical (unpaired) electrons. The summed E-state index contributed by atoms with van der Waals surface area (Å²) in [5, 5.41) is 0. The first kappa shape index (κ1) is 21.8. The normalized spacial score (nSPS) is 25.9. The van der Waals surface area contributed by atoms with Crippen molar-refractivity contribution in [3.8, 4) is 0 Å². The second kappa shape index (κ2) is 8.24. The highest BCUT2D eigenvalue weighted by molar-refractivity contribution is 6.15. The quantitative estimate of drug-likeness (QED) is 0.520. The van der Waals surface area contributed by atoms with Gasteiger partial charge in [0.1, 0.15) is 11.9 Å². The Morgan fingerprint density at radius 3 is 2.58 bits per heavy atom. The number of methoxy groups -OCH3 is 1. The number of ether oxygens (including phenoxy) is 2. The maximum Gasteiger partial charge on any atom is 0.416 e. The maximum absolute atomic E-state index is 14.2. The molecule has 0 aromatic heterocycles. The van der Waals surface area contributed by atoms with Crippen LogP contribution in [-0.2, 0) is 20.4 Å². The number of Topliss-reactive ketones (excluding diaryl/α,β-unsaturated/α-hetero) is 1. The molecule has 0 amide bonds. The van der Waals surface area contributed by atoms with Crippen LogP contribution in [0.2, 0.25) is 0 Å². The highest BCUT2D eigenvalue weighted by Crippen LogP contribution is 2.43. The van der Waals surface area contributed by atoms with Crippen molar-refractivity contribution in [3.05, 3.63) is 63.6 Å². The van der Waals surface area contributed by atoms with Gasteiger partial charge < -0.3 is 14.4 Å². The number of ketones is 1. The zero-order valence-corrected chi connectivity index (χ0v) is 17.3. The number of alkyl halides is 3. The van der Waals surface area contributed by atoms with Gasteiger partial charge in [-0.05, 0) is 35.9 Å². The molecule has 1 aromatic carbocycles. The predicted octanol–water partition coefficient (Wildman–Crippen LogP) is 4.38. The molecule has 3 aliphatic rings. The molecular formula is C23H23F4NO3. The molecule has 1 aromatic rings. The number of halogens is 4. The first-order valence-corrected chi connectivity index (χ1v) is 10.1. The maximum atomic E-state index is 14.2. The number of carbonyl (C=O) groups excluding carboxylic acids is 1. The third-order valence-electron chi connectivity index (χ3n) is 6.07. The zero-order valence-electron chi connectivity index (χ0n) is 17.3. The molecule has 4 rings (SSSR count). The van der Waals surface area contributed by atoms with E-state index in [1.165, 1.54) is 6.08 Å². The Labute approximate surface area is 177 Å². The summed E-state index contributed by atoms with van der Waals surface area (Å²) in [6, 6.07) is 2.21. The zero-order chi connectivity index (χ0) is 22.3. The van der Waals surface area contributed by atoms with E-state index in [1.807, 2.05) is 13.0 Å². The van der Waals surface area contributed by atoms with Crippen LogP contribution in [0.1, 0.15) is 24.5 Å². The Morgan fingerprint density at radius 1 is 1.23 bits per heavy atom. The molecule has 0 bridgehead atoms. The molecule has 0 spiro atoms. The number of nitrogens with zero attached hydrogens (tertiary/aromatic N) is 1.